The van der Waals surface area contributed by atoms with Gasteiger partial charge in [-0.3, -0.25) is 0 Å². The number of fused-ring (bicyclic) bond motifs is 1. The van der Waals surface area contributed by atoms with Crippen LogP contribution in [0, 0.1) is 0 Å². The molecule has 3 rings (SSSR count). The number of carbonyl (C=O) groups is 1. The van der Waals surface area contributed by atoms with E-state index in [1.807, 2.05) is 0 Å². The highest BCUT2D eigenvalue weighted by Gasteiger charge is 2.35. The second-order valence-electron chi connectivity index (χ2n) is 5.06. The summed E-state index contributed by atoms with van der Waals surface area (Å²) in [5.41, 5.74) is -0.867. The molecule has 6 nitrogen and oxygen atoms in total. The van der Waals surface area contributed by atoms with Crippen molar-refractivity contribution >= 4 is 17.3 Å². The van der Waals surface area contributed by atoms with Gasteiger partial charge in [0, 0.05) is 17.7 Å². The Hall–Kier alpha value is -1.97. The molecule has 1 atom stereocenters. The van der Waals surface area contributed by atoms with Crippen LogP contribution in [-0.4, -0.2) is 32.3 Å². The van der Waals surface area contributed by atoms with Crippen LogP contribution in [0.1, 0.15) is 46.4 Å². The summed E-state index contributed by atoms with van der Waals surface area (Å²) < 4.78 is 44.3. The second kappa shape index (κ2) is 5.91. The molecular formula is C13H13F3N4O2S. The Bertz CT molecular complexity index is 725. The van der Waals surface area contributed by atoms with Gasteiger partial charge in [0.2, 0.25) is 0 Å². The Morgan fingerprint density at radius 1 is 1.48 bits per heavy atom. The molecule has 0 bridgehead atoms. The summed E-state index contributed by atoms with van der Waals surface area (Å²) in [6.45, 7) is 2.27. The van der Waals surface area contributed by atoms with Crippen LogP contribution in [0.5, 0.6) is 0 Å². The summed E-state index contributed by atoms with van der Waals surface area (Å²) in [6, 6.07) is 0. The maximum atomic E-state index is 12.6. The van der Waals surface area contributed by atoms with E-state index >= 15 is 0 Å². The molecule has 0 aromatic carbocycles. The first kappa shape index (κ1) is 15.9. The average Bonchev–Trinajstić information content (AvgIpc) is 3.13. The summed E-state index contributed by atoms with van der Waals surface area (Å²) in [7, 11) is 0. The first-order valence-electron chi connectivity index (χ1n) is 7.02. The molecule has 2 aromatic rings. The van der Waals surface area contributed by atoms with Crippen molar-refractivity contribution in [3.05, 3.63) is 27.7 Å². The molecule has 0 saturated carbocycles. The molecule has 124 valence electrons. The van der Waals surface area contributed by atoms with Gasteiger partial charge in [-0.05, 0) is 13.3 Å². The lowest BCUT2D eigenvalue weighted by Crippen LogP contribution is -2.20. The highest BCUT2D eigenvalue weighted by atomic mass is 32.1. The Balaban J connectivity index is 1.77. The third kappa shape index (κ3) is 3.21. The Morgan fingerprint density at radius 3 is 2.91 bits per heavy atom. The molecule has 10 heteroatoms. The van der Waals surface area contributed by atoms with E-state index in [1.54, 1.807) is 11.6 Å². The minimum Gasteiger partial charge on any atom is -0.460 e. The number of ether oxygens (including phenoxy) is 1. The van der Waals surface area contributed by atoms with Gasteiger partial charge < -0.3 is 4.74 Å². The smallest absolute Gasteiger partial charge is 0.434 e. The quantitative estimate of drug-likeness (QED) is 0.799. The topological polar surface area (TPSA) is 69.9 Å². The van der Waals surface area contributed by atoms with Crippen molar-refractivity contribution in [2.45, 2.75) is 38.4 Å². The monoisotopic (exact) mass is 346 g/mol. The van der Waals surface area contributed by atoms with Crippen LogP contribution >= 0.6 is 11.3 Å². The number of aryl methyl sites for hydroxylation is 1. The number of nitrogens with zero attached hydrogens (tertiary/aromatic N) is 4. The molecule has 0 amide bonds. The Kier molecular flexibility index (Phi) is 4.09. The van der Waals surface area contributed by atoms with Gasteiger partial charge >= 0.3 is 12.1 Å². The molecule has 0 saturated heterocycles. The van der Waals surface area contributed by atoms with Crippen molar-refractivity contribution in [1.82, 2.24) is 19.7 Å². The van der Waals surface area contributed by atoms with Crippen LogP contribution in [0.15, 0.2) is 5.38 Å². The van der Waals surface area contributed by atoms with E-state index in [9.17, 15) is 18.0 Å². The first-order chi connectivity index (χ1) is 10.9. The lowest BCUT2D eigenvalue weighted by molar-refractivity contribution is -0.140. The van der Waals surface area contributed by atoms with Gasteiger partial charge in [0.15, 0.2) is 5.69 Å². The van der Waals surface area contributed by atoms with Gasteiger partial charge in [0.25, 0.3) is 5.82 Å². The predicted octanol–water partition coefficient (Wildman–Crippen LogP) is 2.66. The lowest BCUT2D eigenvalue weighted by Gasteiger charge is -2.20. The van der Waals surface area contributed by atoms with Crippen LogP contribution in [0.2, 0.25) is 0 Å². The van der Waals surface area contributed by atoms with E-state index in [2.05, 4.69) is 15.1 Å². The molecule has 0 fully saturated rings. The zero-order chi connectivity index (χ0) is 16.6. The fourth-order valence-electron chi connectivity index (χ4n) is 2.40. The Labute approximate surface area is 133 Å². The molecule has 1 aliphatic rings. The van der Waals surface area contributed by atoms with Crippen LogP contribution in [-0.2, 0) is 23.9 Å². The van der Waals surface area contributed by atoms with Crippen LogP contribution in [0.3, 0.4) is 0 Å². The number of hydrogen-bond acceptors (Lipinski definition) is 6. The zero-order valence-electron chi connectivity index (χ0n) is 12.1. The van der Waals surface area contributed by atoms with Crippen molar-refractivity contribution in [2.75, 3.05) is 6.61 Å². The van der Waals surface area contributed by atoms with E-state index < -0.39 is 17.8 Å². The van der Waals surface area contributed by atoms with Gasteiger partial charge in [-0.25, -0.2) is 19.4 Å². The van der Waals surface area contributed by atoms with Crippen molar-refractivity contribution in [2.24, 2.45) is 0 Å². The number of rotatable bonds is 3. The molecule has 3 heterocycles. The molecule has 1 unspecified atom stereocenters. The van der Waals surface area contributed by atoms with Crippen LogP contribution in [0.25, 0.3) is 0 Å². The summed E-state index contributed by atoms with van der Waals surface area (Å²) in [6.07, 6.45) is -3.29. The highest BCUT2D eigenvalue weighted by molar-refractivity contribution is 7.09. The van der Waals surface area contributed by atoms with E-state index in [0.717, 1.165) is 16.7 Å². The number of carbonyl (C=O) groups excluding carboxylic acids is 1. The Morgan fingerprint density at radius 2 is 2.26 bits per heavy atom. The standard InChI is InChI=1S/C13H13F3N4O2S/c1-2-22-12(21)10-18-9-4-3-7(5-20(9)19-10)11-17-8(6-23-11)13(14,15)16/h6-7H,2-5H2,1H3. The minimum atomic E-state index is -4.43. The first-order valence-corrected chi connectivity index (χ1v) is 7.90. The molecule has 0 spiro atoms. The normalized spacial score (nSPS) is 17.8. The number of alkyl halides is 3. The summed E-state index contributed by atoms with van der Waals surface area (Å²) in [5.74, 6) is -0.144. The van der Waals surface area contributed by atoms with Gasteiger partial charge in [-0.2, -0.15) is 13.2 Å². The van der Waals surface area contributed by atoms with Crippen molar-refractivity contribution in [3.8, 4) is 0 Å². The fraction of sp³-hybridized carbons (Fsp3) is 0.538. The third-order valence-electron chi connectivity index (χ3n) is 3.48. The summed E-state index contributed by atoms with van der Waals surface area (Å²) in [5, 5.41) is 5.54. The second-order valence-corrected chi connectivity index (χ2v) is 5.95. The number of aromatic nitrogens is 4. The SMILES string of the molecule is CCOC(=O)c1nc2n(n1)CC(c1nc(C(F)(F)F)cs1)CC2. The molecule has 0 N–H and O–H groups in total. The van der Waals surface area contributed by atoms with E-state index in [1.165, 1.54) is 0 Å². The highest BCUT2D eigenvalue weighted by Crippen LogP contribution is 2.35. The maximum absolute atomic E-state index is 12.6. The van der Waals surface area contributed by atoms with Crippen LogP contribution < -0.4 is 0 Å². The van der Waals surface area contributed by atoms with Crippen molar-refractivity contribution in [1.29, 1.82) is 0 Å². The average molecular weight is 346 g/mol. The van der Waals surface area contributed by atoms with Gasteiger partial charge in [-0.15, -0.1) is 16.4 Å². The maximum Gasteiger partial charge on any atom is 0.434 e. The van der Waals surface area contributed by atoms with Gasteiger partial charge in [0.05, 0.1) is 18.2 Å². The molecule has 0 aliphatic carbocycles. The summed E-state index contributed by atoms with van der Waals surface area (Å²) >= 11 is 0.995. The number of esters is 1. The predicted molar refractivity (Wildman–Crippen MR) is 74.2 cm³/mol. The molecule has 2 aromatic heterocycles. The number of halogens is 3. The van der Waals surface area contributed by atoms with Gasteiger partial charge in [-0.1, -0.05) is 0 Å². The van der Waals surface area contributed by atoms with Crippen LogP contribution in [0.4, 0.5) is 13.2 Å². The van der Waals surface area contributed by atoms with E-state index in [0.29, 0.717) is 30.2 Å². The van der Waals surface area contributed by atoms with Crippen molar-refractivity contribution in [3.63, 3.8) is 0 Å². The number of hydrogen-bond donors (Lipinski definition) is 0. The molecular weight excluding hydrogens is 333 g/mol. The fourth-order valence-corrected chi connectivity index (χ4v) is 3.35. The third-order valence-corrected chi connectivity index (χ3v) is 4.48. The van der Waals surface area contributed by atoms with E-state index in [4.69, 9.17) is 4.74 Å². The molecule has 0 radical (unpaired) electrons. The largest absolute Gasteiger partial charge is 0.460 e. The van der Waals surface area contributed by atoms with Gasteiger partial charge in [0.1, 0.15) is 5.82 Å². The van der Waals surface area contributed by atoms with E-state index in [-0.39, 0.29) is 18.3 Å². The zero-order valence-corrected chi connectivity index (χ0v) is 12.9. The molecule has 1 aliphatic heterocycles. The van der Waals surface area contributed by atoms with Crippen molar-refractivity contribution < 1.29 is 22.7 Å². The molecule has 23 heavy (non-hydrogen) atoms. The summed E-state index contributed by atoms with van der Waals surface area (Å²) in [4.78, 5) is 19.4. The lowest BCUT2D eigenvalue weighted by atomic mass is 10.0. The minimum absolute atomic E-state index is 0.0161. The number of thiazole rings is 1.